The number of halogens is 1. The van der Waals surface area contributed by atoms with E-state index in [1.807, 2.05) is 24.3 Å². The zero-order valence-electron chi connectivity index (χ0n) is 14.5. The third-order valence-electron chi connectivity index (χ3n) is 4.21. The SMILES string of the molecule is CC(OC(=O)COc1ccccc1Cl)C(=O)N1CCCc2ccccc21. The first kappa shape index (κ1) is 18.3. The third kappa shape index (κ3) is 4.17. The fourth-order valence-electron chi connectivity index (χ4n) is 2.96. The Kier molecular flexibility index (Phi) is 5.78. The van der Waals surface area contributed by atoms with Crippen LogP contribution in [0.4, 0.5) is 5.69 Å². The number of ether oxygens (including phenoxy) is 2. The van der Waals surface area contributed by atoms with Crippen molar-refractivity contribution in [2.45, 2.75) is 25.9 Å². The molecule has 0 saturated heterocycles. The highest BCUT2D eigenvalue weighted by Crippen LogP contribution is 2.27. The number of rotatable bonds is 5. The average Bonchev–Trinajstić information content (AvgIpc) is 2.66. The Labute approximate surface area is 157 Å². The summed E-state index contributed by atoms with van der Waals surface area (Å²) in [5.74, 6) is -0.450. The molecule has 3 rings (SSSR count). The van der Waals surface area contributed by atoms with Crippen LogP contribution in [0.1, 0.15) is 18.9 Å². The Hall–Kier alpha value is -2.53. The van der Waals surface area contributed by atoms with Gasteiger partial charge in [0.25, 0.3) is 5.91 Å². The van der Waals surface area contributed by atoms with E-state index in [2.05, 4.69) is 0 Å². The molecule has 1 aliphatic heterocycles. The molecule has 26 heavy (non-hydrogen) atoms. The number of hydrogen-bond acceptors (Lipinski definition) is 4. The molecule has 1 unspecified atom stereocenters. The van der Waals surface area contributed by atoms with Gasteiger partial charge in [-0.05, 0) is 43.5 Å². The number of aryl methyl sites for hydroxylation is 1. The minimum atomic E-state index is -0.886. The number of carbonyl (C=O) groups excluding carboxylic acids is 2. The van der Waals surface area contributed by atoms with E-state index in [-0.39, 0.29) is 12.5 Å². The second-order valence-corrected chi connectivity index (χ2v) is 6.48. The van der Waals surface area contributed by atoms with Gasteiger partial charge in [0.1, 0.15) is 5.75 Å². The number of anilines is 1. The number of amides is 1. The van der Waals surface area contributed by atoms with Crippen LogP contribution in [0.3, 0.4) is 0 Å². The Balaban J connectivity index is 1.58. The van der Waals surface area contributed by atoms with Crippen LogP contribution in [0.5, 0.6) is 5.75 Å². The van der Waals surface area contributed by atoms with Crippen molar-refractivity contribution in [3.05, 3.63) is 59.1 Å². The van der Waals surface area contributed by atoms with Gasteiger partial charge in [-0.15, -0.1) is 0 Å². The number of esters is 1. The summed E-state index contributed by atoms with van der Waals surface area (Å²) in [7, 11) is 0. The van der Waals surface area contributed by atoms with Gasteiger partial charge in [-0.25, -0.2) is 4.79 Å². The van der Waals surface area contributed by atoms with Crippen LogP contribution in [0.25, 0.3) is 0 Å². The lowest BCUT2D eigenvalue weighted by Gasteiger charge is -2.31. The minimum absolute atomic E-state index is 0.233. The van der Waals surface area contributed by atoms with E-state index >= 15 is 0 Å². The quantitative estimate of drug-likeness (QED) is 0.751. The van der Waals surface area contributed by atoms with Crippen molar-refractivity contribution >= 4 is 29.2 Å². The standard InChI is InChI=1S/C20H20ClNO4/c1-14(26-19(23)13-25-18-11-5-3-9-16(18)21)20(24)22-12-6-8-15-7-2-4-10-17(15)22/h2-5,7,9-11,14H,6,8,12-13H2,1H3. The first-order valence-corrected chi connectivity index (χ1v) is 8.90. The van der Waals surface area contributed by atoms with Crippen molar-refractivity contribution in [2.75, 3.05) is 18.1 Å². The summed E-state index contributed by atoms with van der Waals surface area (Å²) in [6.07, 6.45) is 0.947. The molecule has 0 fully saturated rings. The summed E-state index contributed by atoms with van der Waals surface area (Å²) < 4.78 is 10.6. The van der Waals surface area contributed by atoms with Gasteiger partial charge in [-0.1, -0.05) is 41.9 Å². The highest BCUT2D eigenvalue weighted by atomic mass is 35.5. The number of hydrogen-bond donors (Lipinski definition) is 0. The van der Waals surface area contributed by atoms with Crippen LogP contribution >= 0.6 is 11.6 Å². The molecule has 0 N–H and O–H groups in total. The molecule has 1 heterocycles. The first-order chi connectivity index (χ1) is 12.6. The average molecular weight is 374 g/mol. The summed E-state index contributed by atoms with van der Waals surface area (Å²) in [5.41, 5.74) is 2.02. The second kappa shape index (κ2) is 8.23. The highest BCUT2D eigenvalue weighted by molar-refractivity contribution is 6.32. The maximum absolute atomic E-state index is 12.7. The molecule has 136 valence electrons. The lowest BCUT2D eigenvalue weighted by Crippen LogP contribution is -2.43. The van der Waals surface area contributed by atoms with Crippen molar-refractivity contribution in [3.63, 3.8) is 0 Å². The molecule has 5 nitrogen and oxygen atoms in total. The summed E-state index contributed by atoms with van der Waals surface area (Å²) in [6.45, 7) is 1.89. The predicted octanol–water partition coefficient (Wildman–Crippen LogP) is 3.63. The van der Waals surface area contributed by atoms with Gasteiger partial charge in [-0.3, -0.25) is 4.79 Å². The van der Waals surface area contributed by atoms with E-state index in [1.54, 1.807) is 36.1 Å². The van der Waals surface area contributed by atoms with Crippen LogP contribution < -0.4 is 9.64 Å². The number of para-hydroxylation sites is 2. The first-order valence-electron chi connectivity index (χ1n) is 8.52. The normalized spacial score (nSPS) is 14.3. The molecule has 1 amide bonds. The van der Waals surface area contributed by atoms with E-state index in [9.17, 15) is 9.59 Å². The molecule has 2 aromatic rings. The molecule has 0 aliphatic carbocycles. The van der Waals surface area contributed by atoms with Crippen LogP contribution in [0, 0.1) is 0 Å². The molecule has 0 radical (unpaired) electrons. The molecule has 1 atom stereocenters. The minimum Gasteiger partial charge on any atom is -0.480 e. The van der Waals surface area contributed by atoms with Crippen molar-refractivity contribution < 1.29 is 19.1 Å². The molecule has 0 bridgehead atoms. The third-order valence-corrected chi connectivity index (χ3v) is 4.53. The van der Waals surface area contributed by atoms with Gasteiger partial charge in [0.15, 0.2) is 12.7 Å². The number of nitrogens with zero attached hydrogens (tertiary/aromatic N) is 1. The summed E-state index contributed by atoms with van der Waals surface area (Å²) in [6, 6.07) is 14.7. The van der Waals surface area contributed by atoms with E-state index in [0.29, 0.717) is 17.3 Å². The lowest BCUT2D eigenvalue weighted by molar-refractivity contribution is -0.155. The summed E-state index contributed by atoms with van der Waals surface area (Å²) in [4.78, 5) is 26.4. The molecule has 2 aromatic carbocycles. The molecular formula is C20H20ClNO4. The van der Waals surface area contributed by atoms with Gasteiger partial charge >= 0.3 is 5.97 Å². The van der Waals surface area contributed by atoms with E-state index in [0.717, 1.165) is 24.1 Å². The van der Waals surface area contributed by atoms with Crippen molar-refractivity contribution in [3.8, 4) is 5.75 Å². The smallest absolute Gasteiger partial charge is 0.344 e. The fourth-order valence-corrected chi connectivity index (χ4v) is 3.15. The van der Waals surface area contributed by atoms with Crippen LogP contribution in [-0.4, -0.2) is 31.1 Å². The highest BCUT2D eigenvalue weighted by Gasteiger charge is 2.28. The lowest BCUT2D eigenvalue weighted by atomic mass is 10.0. The number of benzene rings is 2. The molecule has 0 aromatic heterocycles. The van der Waals surface area contributed by atoms with Crippen molar-refractivity contribution in [2.24, 2.45) is 0 Å². The Morgan fingerprint density at radius 1 is 1.15 bits per heavy atom. The van der Waals surface area contributed by atoms with Gasteiger partial charge < -0.3 is 14.4 Å². The Morgan fingerprint density at radius 3 is 2.69 bits per heavy atom. The van der Waals surface area contributed by atoms with Crippen LogP contribution in [0.15, 0.2) is 48.5 Å². The fraction of sp³-hybridized carbons (Fsp3) is 0.300. The molecule has 0 spiro atoms. The summed E-state index contributed by atoms with van der Waals surface area (Å²) in [5, 5.41) is 0.411. The van der Waals surface area contributed by atoms with Gasteiger partial charge in [0.2, 0.25) is 0 Å². The Morgan fingerprint density at radius 2 is 1.88 bits per heavy atom. The van der Waals surface area contributed by atoms with Gasteiger partial charge in [0, 0.05) is 12.2 Å². The monoisotopic (exact) mass is 373 g/mol. The number of fused-ring (bicyclic) bond motifs is 1. The van der Waals surface area contributed by atoms with E-state index in [4.69, 9.17) is 21.1 Å². The topological polar surface area (TPSA) is 55.8 Å². The largest absolute Gasteiger partial charge is 0.480 e. The van der Waals surface area contributed by atoms with Crippen LogP contribution in [-0.2, 0) is 20.7 Å². The zero-order valence-corrected chi connectivity index (χ0v) is 15.2. The molecular weight excluding hydrogens is 354 g/mol. The van der Waals surface area contributed by atoms with Gasteiger partial charge in [-0.2, -0.15) is 0 Å². The summed E-state index contributed by atoms with van der Waals surface area (Å²) >= 11 is 5.98. The van der Waals surface area contributed by atoms with Crippen molar-refractivity contribution in [1.29, 1.82) is 0 Å². The van der Waals surface area contributed by atoms with Gasteiger partial charge in [0.05, 0.1) is 5.02 Å². The van der Waals surface area contributed by atoms with E-state index < -0.39 is 12.1 Å². The molecule has 0 saturated carbocycles. The number of carbonyl (C=O) groups is 2. The Bertz CT molecular complexity index is 808. The zero-order chi connectivity index (χ0) is 18.5. The molecule has 6 heteroatoms. The predicted molar refractivity (Wildman–Crippen MR) is 99.6 cm³/mol. The molecule has 1 aliphatic rings. The second-order valence-electron chi connectivity index (χ2n) is 6.07. The maximum Gasteiger partial charge on any atom is 0.344 e. The van der Waals surface area contributed by atoms with Crippen LogP contribution in [0.2, 0.25) is 5.02 Å². The van der Waals surface area contributed by atoms with Crippen molar-refractivity contribution in [1.82, 2.24) is 0 Å². The maximum atomic E-state index is 12.7. The van der Waals surface area contributed by atoms with E-state index in [1.165, 1.54) is 0 Å².